The van der Waals surface area contributed by atoms with Crippen molar-refractivity contribution in [3.8, 4) is 0 Å². The molecule has 0 radical (unpaired) electrons. The van der Waals surface area contributed by atoms with Gasteiger partial charge < -0.3 is 10.6 Å². The van der Waals surface area contributed by atoms with Gasteiger partial charge in [0.15, 0.2) is 0 Å². The maximum absolute atomic E-state index is 12.6. The predicted octanol–water partition coefficient (Wildman–Crippen LogP) is 4.45. The van der Waals surface area contributed by atoms with Crippen LogP contribution < -0.4 is 10.6 Å². The van der Waals surface area contributed by atoms with Crippen LogP contribution in [0.15, 0.2) is 48.5 Å². The van der Waals surface area contributed by atoms with Crippen LogP contribution in [0.4, 0.5) is 0 Å². The molecule has 138 valence electrons. The molecule has 2 aromatic carbocycles. The van der Waals surface area contributed by atoms with Crippen LogP contribution in [0.5, 0.6) is 0 Å². The fourth-order valence-electron chi connectivity index (χ4n) is 2.52. The van der Waals surface area contributed by atoms with Crippen LogP contribution in [0, 0.1) is 5.92 Å². The van der Waals surface area contributed by atoms with Gasteiger partial charge in [0.1, 0.15) is 6.04 Å². The topological polar surface area (TPSA) is 58.2 Å². The Bertz CT molecular complexity index is 764. The van der Waals surface area contributed by atoms with Crippen molar-refractivity contribution in [1.82, 2.24) is 10.6 Å². The fraction of sp³-hybridized carbons (Fsp3) is 0.300. The quantitative estimate of drug-likeness (QED) is 0.730. The summed E-state index contributed by atoms with van der Waals surface area (Å²) >= 11 is 12.0. The second-order valence-corrected chi connectivity index (χ2v) is 7.33. The Morgan fingerprint density at radius 3 is 2.35 bits per heavy atom. The fourth-order valence-corrected chi connectivity index (χ4v) is 3.02. The van der Waals surface area contributed by atoms with Gasteiger partial charge in [-0.3, -0.25) is 9.59 Å². The molecule has 0 saturated heterocycles. The smallest absolute Gasteiger partial charge is 0.253 e. The van der Waals surface area contributed by atoms with Crippen LogP contribution in [0.3, 0.4) is 0 Å². The number of hydrogen-bond acceptors (Lipinski definition) is 2. The zero-order chi connectivity index (χ0) is 19.1. The number of amides is 2. The Morgan fingerprint density at radius 2 is 1.73 bits per heavy atom. The van der Waals surface area contributed by atoms with Gasteiger partial charge in [0.2, 0.25) is 5.91 Å². The predicted molar refractivity (Wildman–Crippen MR) is 105 cm³/mol. The third-order valence-electron chi connectivity index (χ3n) is 3.81. The van der Waals surface area contributed by atoms with E-state index in [9.17, 15) is 9.59 Å². The summed E-state index contributed by atoms with van der Waals surface area (Å²) in [4.78, 5) is 25.1. The molecule has 0 bridgehead atoms. The van der Waals surface area contributed by atoms with Crippen molar-refractivity contribution in [2.24, 2.45) is 5.92 Å². The van der Waals surface area contributed by atoms with Gasteiger partial charge >= 0.3 is 0 Å². The van der Waals surface area contributed by atoms with Crippen LogP contribution in [-0.4, -0.2) is 17.9 Å². The van der Waals surface area contributed by atoms with Gasteiger partial charge in [0.05, 0.1) is 10.6 Å². The number of hydrogen-bond donors (Lipinski definition) is 2. The van der Waals surface area contributed by atoms with Crippen LogP contribution >= 0.6 is 23.2 Å². The Hall–Kier alpha value is -2.04. The zero-order valence-electron chi connectivity index (χ0n) is 14.8. The first-order chi connectivity index (χ1) is 12.4. The molecule has 1 atom stereocenters. The van der Waals surface area contributed by atoms with Crippen molar-refractivity contribution in [3.05, 3.63) is 69.7 Å². The minimum atomic E-state index is -0.641. The second kappa shape index (κ2) is 9.60. The van der Waals surface area contributed by atoms with Crippen molar-refractivity contribution in [1.29, 1.82) is 0 Å². The van der Waals surface area contributed by atoms with E-state index < -0.39 is 11.9 Å². The molecule has 0 aliphatic heterocycles. The third kappa shape index (κ3) is 6.04. The summed E-state index contributed by atoms with van der Waals surface area (Å²) < 4.78 is 0. The second-order valence-electron chi connectivity index (χ2n) is 6.48. The molecule has 1 unspecified atom stereocenters. The summed E-state index contributed by atoms with van der Waals surface area (Å²) in [6, 6.07) is 13.6. The number of carbonyl (C=O) groups is 2. The van der Waals surface area contributed by atoms with E-state index in [2.05, 4.69) is 10.6 Å². The van der Waals surface area contributed by atoms with Crippen molar-refractivity contribution in [2.75, 3.05) is 0 Å². The van der Waals surface area contributed by atoms with Gasteiger partial charge in [-0.15, -0.1) is 0 Å². The summed E-state index contributed by atoms with van der Waals surface area (Å²) in [5.74, 6) is -0.378. The van der Waals surface area contributed by atoms with Crippen LogP contribution in [-0.2, 0) is 11.3 Å². The van der Waals surface area contributed by atoms with E-state index in [1.807, 2.05) is 44.2 Å². The molecular formula is C20H22Cl2N2O2. The lowest BCUT2D eigenvalue weighted by atomic mass is 10.0. The molecule has 6 heteroatoms. The molecule has 0 aliphatic carbocycles. The Morgan fingerprint density at radius 1 is 1.04 bits per heavy atom. The normalized spacial score (nSPS) is 11.9. The monoisotopic (exact) mass is 392 g/mol. The van der Waals surface area contributed by atoms with Gasteiger partial charge in [-0.25, -0.2) is 0 Å². The highest BCUT2D eigenvalue weighted by Gasteiger charge is 2.23. The molecule has 2 amide bonds. The van der Waals surface area contributed by atoms with Crippen molar-refractivity contribution in [3.63, 3.8) is 0 Å². The Labute approximate surface area is 163 Å². The first-order valence-corrected chi connectivity index (χ1v) is 9.20. The minimum Gasteiger partial charge on any atom is -0.350 e. The zero-order valence-corrected chi connectivity index (χ0v) is 16.3. The molecule has 2 rings (SSSR count). The third-order valence-corrected chi connectivity index (χ3v) is 4.36. The average Bonchev–Trinajstić information content (AvgIpc) is 2.59. The molecule has 2 aromatic rings. The van der Waals surface area contributed by atoms with Gasteiger partial charge in [0, 0.05) is 11.6 Å². The molecule has 0 saturated carbocycles. The number of halogens is 2. The maximum atomic E-state index is 12.6. The molecule has 0 fully saturated rings. The first kappa shape index (κ1) is 20.3. The van der Waals surface area contributed by atoms with E-state index >= 15 is 0 Å². The standard InChI is InChI=1S/C20H22Cl2N2O2/c1-13(2)10-18(20(26)23-12-14-6-4-3-5-7-14)24-19(25)16-9-8-15(21)11-17(16)22/h3-9,11,13,18H,10,12H2,1-2H3,(H,23,26)(H,24,25). The molecule has 0 aromatic heterocycles. The molecular weight excluding hydrogens is 371 g/mol. The van der Waals surface area contributed by atoms with Crippen LogP contribution in [0.2, 0.25) is 10.0 Å². The highest BCUT2D eigenvalue weighted by Crippen LogP contribution is 2.21. The summed E-state index contributed by atoms with van der Waals surface area (Å²) in [5, 5.41) is 6.36. The van der Waals surface area contributed by atoms with Gasteiger partial charge in [0.25, 0.3) is 5.91 Å². The SMILES string of the molecule is CC(C)CC(NC(=O)c1ccc(Cl)cc1Cl)C(=O)NCc1ccccc1. The largest absolute Gasteiger partial charge is 0.350 e. The lowest BCUT2D eigenvalue weighted by Gasteiger charge is -2.20. The number of rotatable bonds is 7. The minimum absolute atomic E-state index is 0.221. The Kier molecular flexibility index (Phi) is 7.49. The molecule has 0 spiro atoms. The summed E-state index contributed by atoms with van der Waals surface area (Å²) in [6.45, 7) is 4.41. The lowest BCUT2D eigenvalue weighted by Crippen LogP contribution is -2.47. The summed E-state index contributed by atoms with van der Waals surface area (Å²) in [7, 11) is 0. The van der Waals surface area contributed by atoms with E-state index in [1.165, 1.54) is 6.07 Å². The van der Waals surface area contributed by atoms with E-state index in [4.69, 9.17) is 23.2 Å². The number of carbonyl (C=O) groups excluding carboxylic acids is 2. The number of nitrogens with one attached hydrogen (secondary N) is 2. The van der Waals surface area contributed by atoms with E-state index in [1.54, 1.807) is 12.1 Å². The molecule has 2 N–H and O–H groups in total. The summed E-state index contributed by atoms with van der Waals surface area (Å²) in [6.07, 6.45) is 0.525. The summed E-state index contributed by atoms with van der Waals surface area (Å²) in [5.41, 5.74) is 1.29. The Balaban J connectivity index is 2.05. The van der Waals surface area contributed by atoms with Gasteiger partial charge in [-0.05, 0) is 36.1 Å². The first-order valence-electron chi connectivity index (χ1n) is 8.44. The van der Waals surface area contributed by atoms with E-state index in [-0.39, 0.29) is 16.8 Å². The van der Waals surface area contributed by atoms with Crippen LogP contribution in [0.25, 0.3) is 0 Å². The molecule has 26 heavy (non-hydrogen) atoms. The van der Waals surface area contributed by atoms with Gasteiger partial charge in [-0.2, -0.15) is 0 Å². The van der Waals surface area contributed by atoms with Crippen molar-refractivity contribution >= 4 is 35.0 Å². The highest BCUT2D eigenvalue weighted by molar-refractivity contribution is 6.36. The van der Waals surface area contributed by atoms with E-state index in [0.717, 1.165) is 5.56 Å². The number of benzene rings is 2. The highest BCUT2D eigenvalue weighted by atomic mass is 35.5. The van der Waals surface area contributed by atoms with E-state index in [0.29, 0.717) is 23.6 Å². The maximum Gasteiger partial charge on any atom is 0.253 e. The average molecular weight is 393 g/mol. The van der Waals surface area contributed by atoms with Gasteiger partial charge in [-0.1, -0.05) is 67.4 Å². The lowest BCUT2D eigenvalue weighted by molar-refractivity contribution is -0.123. The molecule has 0 aliphatic rings. The molecule has 4 nitrogen and oxygen atoms in total. The van der Waals surface area contributed by atoms with Crippen LogP contribution in [0.1, 0.15) is 36.2 Å². The molecule has 0 heterocycles. The van der Waals surface area contributed by atoms with Crippen molar-refractivity contribution in [2.45, 2.75) is 32.9 Å². The van der Waals surface area contributed by atoms with Crippen molar-refractivity contribution < 1.29 is 9.59 Å².